The fourth-order valence-electron chi connectivity index (χ4n) is 1.74. The molecule has 2 amide bonds. The maximum absolute atomic E-state index is 11.8. The van der Waals surface area contributed by atoms with Crippen molar-refractivity contribution in [2.45, 2.75) is 6.92 Å². The third-order valence-corrected chi connectivity index (χ3v) is 3.43. The van der Waals surface area contributed by atoms with Gasteiger partial charge in [0.2, 0.25) is 0 Å². The topological polar surface area (TPSA) is 50.4 Å². The molecule has 110 valence electrons. The van der Waals surface area contributed by atoms with Crippen LogP contribution in [0.4, 0.5) is 10.5 Å². The Labute approximate surface area is 132 Å². The van der Waals surface area contributed by atoms with Crippen LogP contribution in [0, 0.1) is 6.92 Å². The molecule has 0 saturated heterocycles. The second kappa shape index (κ2) is 7.69. The highest BCUT2D eigenvalue weighted by Gasteiger charge is 2.04. The summed E-state index contributed by atoms with van der Waals surface area (Å²) >= 11 is 3.42. The number of carbonyl (C=O) groups excluding carboxylic acids is 1. The van der Waals surface area contributed by atoms with E-state index in [0.717, 1.165) is 21.5 Å². The number of amides is 2. The van der Waals surface area contributed by atoms with Gasteiger partial charge in [0, 0.05) is 4.47 Å². The Morgan fingerprint density at radius 1 is 1.19 bits per heavy atom. The van der Waals surface area contributed by atoms with Crippen molar-refractivity contribution in [1.82, 2.24) is 5.32 Å². The number of aryl methyl sites for hydroxylation is 1. The van der Waals surface area contributed by atoms with Crippen LogP contribution in [-0.2, 0) is 0 Å². The first-order chi connectivity index (χ1) is 10.1. The average molecular weight is 349 g/mol. The molecule has 0 heterocycles. The van der Waals surface area contributed by atoms with Gasteiger partial charge in [-0.25, -0.2) is 4.79 Å². The normalized spacial score (nSPS) is 10.0. The lowest BCUT2D eigenvalue weighted by molar-refractivity contribution is 0.247. The summed E-state index contributed by atoms with van der Waals surface area (Å²) in [6.45, 7) is 2.85. The number of anilines is 1. The van der Waals surface area contributed by atoms with Crippen LogP contribution >= 0.6 is 15.9 Å². The number of carbonyl (C=O) groups is 1. The van der Waals surface area contributed by atoms with Crippen molar-refractivity contribution < 1.29 is 9.53 Å². The van der Waals surface area contributed by atoms with Crippen LogP contribution in [0.5, 0.6) is 5.75 Å². The molecule has 2 rings (SSSR count). The number of urea groups is 1. The molecule has 2 aromatic carbocycles. The maximum atomic E-state index is 11.8. The summed E-state index contributed by atoms with van der Waals surface area (Å²) in [6, 6.07) is 15.0. The minimum absolute atomic E-state index is 0.254. The molecule has 0 aliphatic carbocycles. The summed E-state index contributed by atoms with van der Waals surface area (Å²) in [5.74, 6) is 0.793. The van der Waals surface area contributed by atoms with Gasteiger partial charge in [-0.15, -0.1) is 0 Å². The van der Waals surface area contributed by atoms with Crippen LogP contribution in [0.15, 0.2) is 53.0 Å². The number of hydrogen-bond acceptors (Lipinski definition) is 2. The molecule has 5 heteroatoms. The lowest BCUT2D eigenvalue weighted by Gasteiger charge is -2.10. The van der Waals surface area contributed by atoms with Crippen LogP contribution in [0.3, 0.4) is 0 Å². The average Bonchev–Trinajstić information content (AvgIpc) is 2.48. The van der Waals surface area contributed by atoms with Crippen molar-refractivity contribution >= 4 is 27.6 Å². The number of ether oxygens (including phenoxy) is 1. The minimum Gasteiger partial charge on any atom is -0.492 e. The second-order valence-electron chi connectivity index (χ2n) is 4.53. The molecule has 0 unspecified atom stereocenters. The van der Waals surface area contributed by atoms with E-state index in [9.17, 15) is 4.79 Å². The number of halogens is 1. The van der Waals surface area contributed by atoms with Gasteiger partial charge in [0.15, 0.2) is 0 Å². The van der Waals surface area contributed by atoms with Gasteiger partial charge in [0.05, 0.1) is 12.2 Å². The van der Waals surface area contributed by atoms with Crippen LogP contribution in [0.25, 0.3) is 0 Å². The number of rotatable bonds is 5. The van der Waals surface area contributed by atoms with Gasteiger partial charge in [-0.2, -0.15) is 0 Å². The fourth-order valence-corrected chi connectivity index (χ4v) is 2.33. The Morgan fingerprint density at radius 3 is 2.67 bits per heavy atom. The molecule has 2 aromatic rings. The summed E-state index contributed by atoms with van der Waals surface area (Å²) < 4.78 is 6.35. The predicted octanol–water partition coefficient (Wildman–Crippen LogP) is 3.96. The Morgan fingerprint density at radius 2 is 1.95 bits per heavy atom. The molecule has 0 bridgehead atoms. The third kappa shape index (κ3) is 5.11. The molecule has 0 aromatic heterocycles. The van der Waals surface area contributed by atoms with E-state index in [1.807, 2.05) is 55.5 Å². The second-order valence-corrected chi connectivity index (χ2v) is 5.38. The van der Waals surface area contributed by atoms with Gasteiger partial charge in [0.25, 0.3) is 0 Å². The lowest BCUT2D eigenvalue weighted by Crippen LogP contribution is -2.32. The van der Waals surface area contributed by atoms with Crippen molar-refractivity contribution in [3.05, 3.63) is 58.6 Å². The SMILES string of the molecule is Cc1ccc(NC(=O)NCCOc2ccccc2)c(Br)c1. The van der Waals surface area contributed by atoms with Gasteiger partial charge in [-0.1, -0.05) is 24.3 Å². The van der Waals surface area contributed by atoms with E-state index < -0.39 is 0 Å². The summed E-state index contributed by atoms with van der Waals surface area (Å²) in [4.78, 5) is 11.8. The zero-order chi connectivity index (χ0) is 15.1. The first kappa shape index (κ1) is 15.4. The summed E-state index contributed by atoms with van der Waals surface area (Å²) in [5, 5.41) is 5.53. The number of benzene rings is 2. The molecule has 0 aliphatic heterocycles. The lowest BCUT2D eigenvalue weighted by atomic mass is 10.2. The fraction of sp³-hybridized carbons (Fsp3) is 0.188. The molecular formula is C16H17BrN2O2. The molecule has 2 N–H and O–H groups in total. The van der Waals surface area contributed by atoms with E-state index in [1.54, 1.807) is 0 Å². The molecule has 0 radical (unpaired) electrons. The van der Waals surface area contributed by atoms with Crippen LogP contribution in [-0.4, -0.2) is 19.2 Å². The molecule has 0 fully saturated rings. The number of para-hydroxylation sites is 1. The van der Waals surface area contributed by atoms with Crippen molar-refractivity contribution in [1.29, 1.82) is 0 Å². The van der Waals surface area contributed by atoms with E-state index in [1.165, 1.54) is 0 Å². The standard InChI is InChI=1S/C16H17BrN2O2/c1-12-7-8-15(14(17)11-12)19-16(20)18-9-10-21-13-5-3-2-4-6-13/h2-8,11H,9-10H2,1H3,(H2,18,19,20). The predicted molar refractivity (Wildman–Crippen MR) is 87.8 cm³/mol. The molecule has 4 nitrogen and oxygen atoms in total. The van der Waals surface area contributed by atoms with E-state index in [2.05, 4.69) is 26.6 Å². The largest absolute Gasteiger partial charge is 0.492 e. The van der Waals surface area contributed by atoms with Crippen LogP contribution < -0.4 is 15.4 Å². The highest BCUT2D eigenvalue weighted by molar-refractivity contribution is 9.10. The molecule has 21 heavy (non-hydrogen) atoms. The first-order valence-corrected chi connectivity index (χ1v) is 7.43. The quantitative estimate of drug-likeness (QED) is 0.803. The monoisotopic (exact) mass is 348 g/mol. The highest BCUT2D eigenvalue weighted by Crippen LogP contribution is 2.23. The highest BCUT2D eigenvalue weighted by atomic mass is 79.9. The summed E-state index contributed by atoms with van der Waals surface area (Å²) in [7, 11) is 0. The van der Waals surface area contributed by atoms with Gasteiger partial charge < -0.3 is 15.4 Å². The molecule has 0 atom stereocenters. The molecule has 0 aliphatic rings. The number of hydrogen-bond donors (Lipinski definition) is 2. The Balaban J connectivity index is 1.72. The van der Waals surface area contributed by atoms with Crippen LogP contribution in [0.1, 0.15) is 5.56 Å². The smallest absolute Gasteiger partial charge is 0.319 e. The van der Waals surface area contributed by atoms with Gasteiger partial charge in [-0.3, -0.25) is 0 Å². The third-order valence-electron chi connectivity index (χ3n) is 2.77. The van der Waals surface area contributed by atoms with E-state index >= 15 is 0 Å². The van der Waals surface area contributed by atoms with E-state index in [-0.39, 0.29) is 6.03 Å². The van der Waals surface area contributed by atoms with Crippen molar-refractivity contribution in [2.75, 3.05) is 18.5 Å². The zero-order valence-corrected chi connectivity index (χ0v) is 13.3. The van der Waals surface area contributed by atoms with Gasteiger partial charge in [-0.05, 0) is 52.7 Å². The van der Waals surface area contributed by atoms with Crippen molar-refractivity contribution in [2.24, 2.45) is 0 Å². The first-order valence-electron chi connectivity index (χ1n) is 6.64. The molecular weight excluding hydrogens is 332 g/mol. The Hall–Kier alpha value is -2.01. The summed E-state index contributed by atoms with van der Waals surface area (Å²) in [6.07, 6.45) is 0. The minimum atomic E-state index is -0.254. The number of nitrogens with one attached hydrogen (secondary N) is 2. The summed E-state index contributed by atoms with van der Waals surface area (Å²) in [5.41, 5.74) is 1.87. The van der Waals surface area contributed by atoms with Crippen molar-refractivity contribution in [3.63, 3.8) is 0 Å². The maximum Gasteiger partial charge on any atom is 0.319 e. The zero-order valence-electron chi connectivity index (χ0n) is 11.7. The molecule has 0 spiro atoms. The van der Waals surface area contributed by atoms with Crippen molar-refractivity contribution in [3.8, 4) is 5.75 Å². The molecule has 0 saturated carbocycles. The van der Waals surface area contributed by atoms with Gasteiger partial charge >= 0.3 is 6.03 Å². The van der Waals surface area contributed by atoms with Crippen LogP contribution in [0.2, 0.25) is 0 Å². The van der Waals surface area contributed by atoms with Gasteiger partial charge in [0.1, 0.15) is 12.4 Å². The Kier molecular flexibility index (Phi) is 5.63. The van der Waals surface area contributed by atoms with E-state index in [4.69, 9.17) is 4.74 Å². The Bertz CT molecular complexity index is 602. The van der Waals surface area contributed by atoms with E-state index in [0.29, 0.717) is 13.2 Å².